The van der Waals surface area contributed by atoms with Crippen LogP contribution in [-0.2, 0) is 0 Å². The zero-order chi connectivity index (χ0) is 13.9. The second kappa shape index (κ2) is 5.59. The number of hydrogen-bond acceptors (Lipinski definition) is 3. The van der Waals surface area contributed by atoms with Gasteiger partial charge in [0, 0.05) is 18.3 Å². The van der Waals surface area contributed by atoms with Crippen molar-refractivity contribution < 1.29 is 4.79 Å². The van der Waals surface area contributed by atoms with Crippen molar-refractivity contribution in [2.24, 2.45) is 5.92 Å². The lowest BCUT2D eigenvalue weighted by Crippen LogP contribution is -2.45. The quantitative estimate of drug-likeness (QED) is 0.828. The number of nitrogens with one attached hydrogen (secondary N) is 2. The zero-order valence-electron chi connectivity index (χ0n) is 12.0. The van der Waals surface area contributed by atoms with Gasteiger partial charge in [-0.25, -0.2) is 0 Å². The largest absolute Gasteiger partial charge is 0.383 e. The molecule has 0 radical (unpaired) electrons. The number of amides is 1. The summed E-state index contributed by atoms with van der Waals surface area (Å²) < 4.78 is 0. The van der Waals surface area contributed by atoms with Crippen LogP contribution in [0.2, 0.25) is 0 Å². The number of nitrogens with zero attached hydrogens (tertiary/aromatic N) is 1. The van der Waals surface area contributed by atoms with Crippen LogP contribution in [0.5, 0.6) is 0 Å². The van der Waals surface area contributed by atoms with Crippen LogP contribution in [0.25, 0.3) is 0 Å². The molecule has 4 nitrogen and oxygen atoms in total. The summed E-state index contributed by atoms with van der Waals surface area (Å²) in [5.41, 5.74) is 1.37. The third-order valence-corrected chi connectivity index (χ3v) is 3.66. The molecule has 1 aromatic heterocycles. The molecule has 4 heteroatoms. The standard InChI is InChI=1S/C15H23N3O/c1-4-8-17-13-10-16-9-7-12(13)14(19)18-15(2,3)11-5-6-11/h7,9-11,17H,4-6,8H2,1-3H3,(H,18,19). The van der Waals surface area contributed by atoms with Crippen molar-refractivity contribution in [1.29, 1.82) is 0 Å². The maximum Gasteiger partial charge on any atom is 0.253 e. The Morgan fingerprint density at radius 3 is 2.84 bits per heavy atom. The van der Waals surface area contributed by atoms with Crippen molar-refractivity contribution in [3.63, 3.8) is 0 Å². The molecule has 0 aliphatic heterocycles. The van der Waals surface area contributed by atoms with Crippen molar-refractivity contribution >= 4 is 11.6 Å². The summed E-state index contributed by atoms with van der Waals surface area (Å²) in [6.07, 6.45) is 6.82. The van der Waals surface area contributed by atoms with E-state index < -0.39 is 0 Å². The van der Waals surface area contributed by atoms with E-state index in [1.54, 1.807) is 18.5 Å². The molecule has 1 heterocycles. The first-order valence-electron chi connectivity index (χ1n) is 7.05. The van der Waals surface area contributed by atoms with Gasteiger partial charge in [0.1, 0.15) is 0 Å². The van der Waals surface area contributed by atoms with Gasteiger partial charge in [-0.15, -0.1) is 0 Å². The number of carbonyl (C=O) groups is 1. The van der Waals surface area contributed by atoms with E-state index >= 15 is 0 Å². The van der Waals surface area contributed by atoms with E-state index in [0.717, 1.165) is 18.7 Å². The van der Waals surface area contributed by atoms with Gasteiger partial charge in [-0.2, -0.15) is 0 Å². The third-order valence-electron chi connectivity index (χ3n) is 3.66. The smallest absolute Gasteiger partial charge is 0.253 e. The molecule has 0 atom stereocenters. The number of carbonyl (C=O) groups excluding carboxylic acids is 1. The van der Waals surface area contributed by atoms with E-state index in [1.165, 1.54) is 12.8 Å². The summed E-state index contributed by atoms with van der Waals surface area (Å²) in [6, 6.07) is 1.77. The topological polar surface area (TPSA) is 54.0 Å². The Labute approximate surface area is 115 Å². The summed E-state index contributed by atoms with van der Waals surface area (Å²) >= 11 is 0. The van der Waals surface area contributed by atoms with Crippen LogP contribution >= 0.6 is 0 Å². The first-order valence-corrected chi connectivity index (χ1v) is 7.05. The monoisotopic (exact) mass is 261 g/mol. The van der Waals surface area contributed by atoms with Crippen molar-refractivity contribution in [2.75, 3.05) is 11.9 Å². The van der Waals surface area contributed by atoms with Gasteiger partial charge in [-0.05, 0) is 45.1 Å². The van der Waals surface area contributed by atoms with Crippen LogP contribution in [0, 0.1) is 5.92 Å². The van der Waals surface area contributed by atoms with Crippen LogP contribution < -0.4 is 10.6 Å². The molecule has 0 spiro atoms. The Morgan fingerprint density at radius 1 is 1.47 bits per heavy atom. The number of hydrogen-bond donors (Lipinski definition) is 2. The average Bonchev–Trinajstić information content (AvgIpc) is 3.20. The molecule has 2 N–H and O–H groups in total. The number of aromatic nitrogens is 1. The van der Waals surface area contributed by atoms with Gasteiger partial charge in [0.15, 0.2) is 0 Å². The molecule has 1 aliphatic rings. The molecule has 2 rings (SSSR count). The molecule has 0 aromatic carbocycles. The molecule has 0 unspecified atom stereocenters. The SMILES string of the molecule is CCCNc1cnccc1C(=O)NC(C)(C)C1CC1. The highest BCUT2D eigenvalue weighted by Crippen LogP contribution is 2.39. The summed E-state index contributed by atoms with van der Waals surface area (Å²) in [5.74, 6) is 0.600. The lowest BCUT2D eigenvalue weighted by molar-refractivity contribution is 0.0904. The Morgan fingerprint density at radius 2 is 2.21 bits per heavy atom. The molecular formula is C15H23N3O. The van der Waals surface area contributed by atoms with Gasteiger partial charge >= 0.3 is 0 Å². The van der Waals surface area contributed by atoms with Gasteiger partial charge in [0.05, 0.1) is 17.4 Å². The maximum atomic E-state index is 12.4. The molecule has 1 amide bonds. The van der Waals surface area contributed by atoms with Crippen LogP contribution in [0.1, 0.15) is 50.4 Å². The van der Waals surface area contributed by atoms with Gasteiger partial charge in [0.2, 0.25) is 0 Å². The predicted octanol–water partition coefficient (Wildman–Crippen LogP) is 2.82. The fourth-order valence-corrected chi connectivity index (χ4v) is 2.26. The second-order valence-corrected chi connectivity index (χ2v) is 5.80. The molecule has 0 bridgehead atoms. The lowest BCUT2D eigenvalue weighted by Gasteiger charge is -2.26. The minimum atomic E-state index is -0.123. The zero-order valence-corrected chi connectivity index (χ0v) is 12.0. The van der Waals surface area contributed by atoms with Gasteiger partial charge in [-0.3, -0.25) is 9.78 Å². The minimum Gasteiger partial charge on any atom is -0.383 e. The van der Waals surface area contributed by atoms with Crippen LogP contribution in [0.15, 0.2) is 18.5 Å². The highest BCUT2D eigenvalue weighted by Gasteiger charge is 2.39. The summed E-state index contributed by atoms with van der Waals surface area (Å²) in [4.78, 5) is 16.5. The van der Waals surface area contributed by atoms with Gasteiger partial charge in [0.25, 0.3) is 5.91 Å². The first kappa shape index (κ1) is 13.8. The number of anilines is 1. The minimum absolute atomic E-state index is 0.0158. The molecule has 0 saturated heterocycles. The Hall–Kier alpha value is -1.58. The van der Waals surface area contributed by atoms with Gasteiger partial charge in [-0.1, -0.05) is 6.92 Å². The highest BCUT2D eigenvalue weighted by atomic mass is 16.1. The van der Waals surface area contributed by atoms with E-state index in [2.05, 4.69) is 36.4 Å². The Balaban J connectivity index is 2.09. The number of rotatable bonds is 6. The molecule has 1 fully saturated rings. The van der Waals surface area contributed by atoms with E-state index in [4.69, 9.17) is 0 Å². The van der Waals surface area contributed by atoms with Crippen LogP contribution in [0.4, 0.5) is 5.69 Å². The highest BCUT2D eigenvalue weighted by molar-refractivity contribution is 5.99. The molecular weight excluding hydrogens is 238 g/mol. The van der Waals surface area contributed by atoms with E-state index in [9.17, 15) is 4.79 Å². The fraction of sp³-hybridized carbons (Fsp3) is 0.600. The summed E-state index contributed by atoms with van der Waals surface area (Å²) in [7, 11) is 0. The lowest BCUT2D eigenvalue weighted by atomic mass is 9.98. The van der Waals surface area contributed by atoms with Crippen molar-refractivity contribution in [3.05, 3.63) is 24.0 Å². The average molecular weight is 261 g/mol. The predicted molar refractivity (Wildman–Crippen MR) is 77.3 cm³/mol. The first-order chi connectivity index (χ1) is 9.04. The second-order valence-electron chi connectivity index (χ2n) is 5.80. The molecule has 19 heavy (non-hydrogen) atoms. The molecule has 1 saturated carbocycles. The molecule has 1 aromatic rings. The van der Waals surface area contributed by atoms with E-state index in [0.29, 0.717) is 11.5 Å². The summed E-state index contributed by atoms with van der Waals surface area (Å²) in [6.45, 7) is 7.14. The molecule has 1 aliphatic carbocycles. The normalized spacial score (nSPS) is 15.1. The van der Waals surface area contributed by atoms with Crippen LogP contribution in [-0.4, -0.2) is 23.0 Å². The van der Waals surface area contributed by atoms with Crippen molar-refractivity contribution in [3.8, 4) is 0 Å². The Kier molecular flexibility index (Phi) is 4.08. The van der Waals surface area contributed by atoms with E-state index in [-0.39, 0.29) is 11.4 Å². The van der Waals surface area contributed by atoms with E-state index in [1.807, 2.05) is 0 Å². The third kappa shape index (κ3) is 3.46. The van der Waals surface area contributed by atoms with Crippen molar-refractivity contribution in [1.82, 2.24) is 10.3 Å². The maximum absolute atomic E-state index is 12.4. The van der Waals surface area contributed by atoms with Crippen molar-refractivity contribution in [2.45, 2.75) is 45.6 Å². The van der Waals surface area contributed by atoms with Gasteiger partial charge < -0.3 is 10.6 Å². The molecule has 104 valence electrons. The number of pyridine rings is 1. The summed E-state index contributed by atoms with van der Waals surface area (Å²) in [5, 5.41) is 6.40. The fourth-order valence-electron chi connectivity index (χ4n) is 2.26. The Bertz CT molecular complexity index is 452. The van der Waals surface area contributed by atoms with Crippen LogP contribution in [0.3, 0.4) is 0 Å².